The lowest BCUT2D eigenvalue weighted by Gasteiger charge is -2.34. The maximum atomic E-state index is 13.3. The molecule has 0 atom stereocenters. The average molecular weight is 331 g/mol. The van der Waals surface area contributed by atoms with E-state index in [0.717, 1.165) is 0 Å². The zero-order chi connectivity index (χ0) is 17.6. The Balaban J connectivity index is 2.34. The summed E-state index contributed by atoms with van der Waals surface area (Å²) < 4.78 is 47.1. The van der Waals surface area contributed by atoms with Crippen LogP contribution in [0.5, 0.6) is 0 Å². The van der Waals surface area contributed by atoms with Gasteiger partial charge in [0.15, 0.2) is 11.6 Å². The molecule has 1 aliphatic heterocycles. The normalized spacial score (nSPS) is 15.8. The quantitative estimate of drug-likeness (QED) is 0.780. The van der Waals surface area contributed by atoms with Crippen LogP contribution in [0.25, 0.3) is 0 Å². The fraction of sp³-hybridized carbons (Fsp3) is 0.688. The number of hydrogen-bond acceptors (Lipinski definition) is 3. The summed E-state index contributed by atoms with van der Waals surface area (Å²) in [5, 5.41) is 3.83. The third kappa shape index (κ3) is 3.82. The molecule has 1 aliphatic rings. The predicted octanol–water partition coefficient (Wildman–Crippen LogP) is 4.13. The molecule has 0 amide bonds. The van der Waals surface area contributed by atoms with E-state index in [1.165, 1.54) is 4.68 Å². The van der Waals surface area contributed by atoms with Gasteiger partial charge in [0.25, 0.3) is 0 Å². The minimum atomic E-state index is -4.46. The van der Waals surface area contributed by atoms with Crippen LogP contribution in [-0.2, 0) is 23.9 Å². The van der Waals surface area contributed by atoms with Crippen molar-refractivity contribution >= 4 is 0 Å². The van der Waals surface area contributed by atoms with E-state index in [9.17, 15) is 13.2 Å². The Labute approximate surface area is 134 Å². The summed E-state index contributed by atoms with van der Waals surface area (Å²) in [5.74, 6) is 0.397. The lowest BCUT2D eigenvalue weighted by Crippen LogP contribution is -2.34. The van der Waals surface area contributed by atoms with Gasteiger partial charge in [0.2, 0.25) is 0 Å². The fourth-order valence-corrected chi connectivity index (χ4v) is 2.73. The molecule has 1 aromatic heterocycles. The highest BCUT2D eigenvalue weighted by Gasteiger charge is 2.41. The monoisotopic (exact) mass is 331 g/mol. The first-order chi connectivity index (χ1) is 10.4. The van der Waals surface area contributed by atoms with E-state index in [0.29, 0.717) is 24.5 Å². The number of nitrogens with zero attached hydrogens (tertiary/aromatic N) is 3. The van der Waals surface area contributed by atoms with Crippen molar-refractivity contribution in [1.82, 2.24) is 14.7 Å². The van der Waals surface area contributed by atoms with Crippen LogP contribution in [0.4, 0.5) is 13.2 Å². The van der Waals surface area contributed by atoms with Crippen molar-refractivity contribution in [3.63, 3.8) is 0 Å². The lowest BCUT2D eigenvalue weighted by atomic mass is 10.0. The summed E-state index contributed by atoms with van der Waals surface area (Å²) in [7, 11) is 0. The molecule has 0 aliphatic carbocycles. The molecule has 0 spiro atoms. The Kier molecular flexibility index (Phi) is 4.43. The summed E-state index contributed by atoms with van der Waals surface area (Å²) in [6, 6.07) is -0.111. The standard InChI is InChI=1S/C16H24F3N3O/c1-10(2)22-13-7-8-21(11(3)23-15(4,5)6)9-12(13)14(20-22)16(17,18)19/h10H,3,7-9H2,1-2,4-6H3. The van der Waals surface area contributed by atoms with E-state index in [1.807, 2.05) is 34.6 Å². The molecule has 0 saturated heterocycles. The van der Waals surface area contributed by atoms with Crippen molar-refractivity contribution in [3.8, 4) is 0 Å². The van der Waals surface area contributed by atoms with Crippen LogP contribution in [0.2, 0.25) is 0 Å². The Morgan fingerprint density at radius 3 is 2.35 bits per heavy atom. The number of rotatable bonds is 3. The first-order valence-electron chi connectivity index (χ1n) is 7.70. The van der Waals surface area contributed by atoms with E-state index >= 15 is 0 Å². The molecule has 2 rings (SSSR count). The van der Waals surface area contributed by atoms with Gasteiger partial charge in [-0.3, -0.25) is 4.68 Å². The topological polar surface area (TPSA) is 30.3 Å². The second kappa shape index (κ2) is 5.76. The molecule has 4 nitrogen and oxygen atoms in total. The van der Waals surface area contributed by atoms with Crippen LogP contribution in [0, 0.1) is 0 Å². The van der Waals surface area contributed by atoms with Crippen molar-refractivity contribution < 1.29 is 17.9 Å². The second-order valence-electron chi connectivity index (χ2n) is 7.09. The number of fused-ring (bicyclic) bond motifs is 1. The van der Waals surface area contributed by atoms with Crippen molar-refractivity contribution in [2.75, 3.05) is 6.54 Å². The highest BCUT2D eigenvalue weighted by molar-refractivity contribution is 5.31. The van der Waals surface area contributed by atoms with Gasteiger partial charge in [-0.15, -0.1) is 0 Å². The van der Waals surface area contributed by atoms with Gasteiger partial charge in [0, 0.05) is 36.8 Å². The highest BCUT2D eigenvalue weighted by Crippen LogP contribution is 2.37. The smallest absolute Gasteiger partial charge is 0.435 e. The number of ether oxygens (including phenoxy) is 1. The zero-order valence-electron chi connectivity index (χ0n) is 14.3. The summed E-state index contributed by atoms with van der Waals surface area (Å²) in [4.78, 5) is 1.75. The summed E-state index contributed by atoms with van der Waals surface area (Å²) in [5.41, 5.74) is -0.343. The maximum absolute atomic E-state index is 13.3. The van der Waals surface area contributed by atoms with Crippen LogP contribution in [0.15, 0.2) is 12.5 Å². The molecular formula is C16H24F3N3O. The molecule has 0 saturated carbocycles. The van der Waals surface area contributed by atoms with E-state index in [4.69, 9.17) is 4.74 Å². The van der Waals surface area contributed by atoms with E-state index in [1.54, 1.807) is 4.90 Å². The molecule has 0 N–H and O–H groups in total. The predicted molar refractivity (Wildman–Crippen MR) is 81.7 cm³/mol. The molecule has 23 heavy (non-hydrogen) atoms. The van der Waals surface area contributed by atoms with Gasteiger partial charge in [-0.1, -0.05) is 0 Å². The summed E-state index contributed by atoms with van der Waals surface area (Å²) >= 11 is 0. The number of alkyl halides is 3. The van der Waals surface area contributed by atoms with Gasteiger partial charge >= 0.3 is 6.18 Å². The van der Waals surface area contributed by atoms with Gasteiger partial charge in [-0.2, -0.15) is 18.3 Å². The SMILES string of the molecule is C=C(OC(C)(C)C)N1CCc2c(c(C(F)(F)F)nn2C(C)C)C1. The third-order valence-electron chi connectivity index (χ3n) is 3.62. The zero-order valence-corrected chi connectivity index (χ0v) is 14.3. The van der Waals surface area contributed by atoms with Gasteiger partial charge in [0.1, 0.15) is 5.60 Å². The van der Waals surface area contributed by atoms with Crippen molar-refractivity contribution in [1.29, 1.82) is 0 Å². The van der Waals surface area contributed by atoms with Crippen molar-refractivity contribution in [2.45, 2.75) is 65.4 Å². The van der Waals surface area contributed by atoms with Gasteiger partial charge in [-0.05, 0) is 41.2 Å². The third-order valence-corrected chi connectivity index (χ3v) is 3.62. The van der Waals surface area contributed by atoms with Gasteiger partial charge in [0.05, 0.1) is 0 Å². The van der Waals surface area contributed by atoms with Gasteiger partial charge in [-0.25, -0.2) is 0 Å². The molecule has 2 heterocycles. The molecule has 0 radical (unpaired) electrons. The summed E-state index contributed by atoms with van der Waals surface area (Å²) in [6.45, 7) is 13.9. The number of hydrogen-bond donors (Lipinski definition) is 0. The summed E-state index contributed by atoms with van der Waals surface area (Å²) in [6.07, 6.45) is -3.97. The van der Waals surface area contributed by atoms with Crippen molar-refractivity contribution in [2.24, 2.45) is 0 Å². The molecule has 130 valence electrons. The average Bonchev–Trinajstić information content (AvgIpc) is 2.74. The molecule has 0 bridgehead atoms. The highest BCUT2D eigenvalue weighted by atomic mass is 19.4. The second-order valence-corrected chi connectivity index (χ2v) is 7.09. The van der Waals surface area contributed by atoms with E-state index in [2.05, 4.69) is 11.7 Å². The minimum Gasteiger partial charge on any atom is -0.474 e. The first-order valence-corrected chi connectivity index (χ1v) is 7.70. The minimum absolute atomic E-state index is 0.111. The Morgan fingerprint density at radius 2 is 1.87 bits per heavy atom. The molecule has 0 aromatic carbocycles. The molecular weight excluding hydrogens is 307 g/mol. The van der Waals surface area contributed by atoms with E-state index in [-0.39, 0.29) is 18.2 Å². The molecule has 1 aromatic rings. The molecule has 0 unspecified atom stereocenters. The lowest BCUT2D eigenvalue weighted by molar-refractivity contribution is -0.142. The van der Waals surface area contributed by atoms with Crippen LogP contribution in [0.3, 0.4) is 0 Å². The maximum Gasteiger partial charge on any atom is 0.435 e. The van der Waals surface area contributed by atoms with Crippen LogP contribution in [0.1, 0.15) is 57.6 Å². The largest absolute Gasteiger partial charge is 0.474 e. The fourth-order valence-electron chi connectivity index (χ4n) is 2.73. The van der Waals surface area contributed by atoms with Crippen LogP contribution in [-0.4, -0.2) is 26.8 Å². The van der Waals surface area contributed by atoms with E-state index < -0.39 is 17.5 Å². The van der Waals surface area contributed by atoms with Gasteiger partial charge < -0.3 is 9.64 Å². The number of halogens is 3. The molecule has 7 heteroatoms. The molecule has 0 fully saturated rings. The van der Waals surface area contributed by atoms with Crippen LogP contribution < -0.4 is 0 Å². The van der Waals surface area contributed by atoms with Crippen molar-refractivity contribution in [3.05, 3.63) is 29.4 Å². The number of aromatic nitrogens is 2. The Bertz CT molecular complexity index is 597. The first kappa shape index (κ1) is 17.7. The Morgan fingerprint density at radius 1 is 1.26 bits per heavy atom. The van der Waals surface area contributed by atoms with Crippen LogP contribution >= 0.6 is 0 Å². The Hall–Kier alpha value is -1.66.